The first kappa shape index (κ1) is 15.5. The van der Waals surface area contributed by atoms with Crippen LogP contribution in [0.3, 0.4) is 0 Å². The van der Waals surface area contributed by atoms with Crippen molar-refractivity contribution in [1.82, 2.24) is 10.3 Å². The summed E-state index contributed by atoms with van der Waals surface area (Å²) in [6.07, 6.45) is 4.79. The van der Waals surface area contributed by atoms with Crippen molar-refractivity contribution in [1.29, 1.82) is 0 Å². The molecule has 0 bridgehead atoms. The zero-order chi connectivity index (χ0) is 16.1. The lowest BCUT2D eigenvalue weighted by Crippen LogP contribution is -2.24. The largest absolute Gasteiger partial charge is 0.380 e. The molecule has 0 aliphatic carbocycles. The van der Waals surface area contributed by atoms with Gasteiger partial charge in [0.15, 0.2) is 0 Å². The van der Waals surface area contributed by atoms with Gasteiger partial charge in [-0.2, -0.15) is 0 Å². The molecule has 2 heterocycles. The number of rotatable bonds is 5. The Balaban J connectivity index is 1.57. The van der Waals surface area contributed by atoms with Gasteiger partial charge in [-0.15, -0.1) is 0 Å². The molecule has 1 aromatic heterocycles. The number of methoxy groups -OCH3 is 1. The maximum Gasteiger partial charge on any atom is 0.251 e. The second-order valence-electron chi connectivity index (χ2n) is 5.68. The van der Waals surface area contributed by atoms with Gasteiger partial charge in [0, 0.05) is 50.4 Å². The molecule has 1 aromatic carbocycles. The summed E-state index contributed by atoms with van der Waals surface area (Å²) in [7, 11) is 1.75. The van der Waals surface area contributed by atoms with Crippen LogP contribution in [0.2, 0.25) is 0 Å². The van der Waals surface area contributed by atoms with E-state index in [9.17, 15) is 4.79 Å². The molecule has 2 aromatic rings. The van der Waals surface area contributed by atoms with E-state index in [1.54, 1.807) is 19.5 Å². The van der Waals surface area contributed by atoms with Crippen molar-refractivity contribution in [3.63, 3.8) is 0 Å². The highest BCUT2D eigenvalue weighted by Crippen LogP contribution is 2.22. The zero-order valence-corrected chi connectivity index (χ0v) is 13.2. The molecular formula is C18H21N3O2. The van der Waals surface area contributed by atoms with Crippen molar-refractivity contribution in [2.75, 3.05) is 25.1 Å². The van der Waals surface area contributed by atoms with Crippen molar-refractivity contribution in [3.8, 4) is 0 Å². The average Bonchev–Trinajstić information content (AvgIpc) is 3.10. The van der Waals surface area contributed by atoms with E-state index in [4.69, 9.17) is 4.74 Å². The van der Waals surface area contributed by atoms with E-state index in [0.29, 0.717) is 18.2 Å². The minimum atomic E-state index is -0.0652. The van der Waals surface area contributed by atoms with Gasteiger partial charge in [-0.05, 0) is 48.4 Å². The molecule has 1 aliphatic rings. The van der Waals surface area contributed by atoms with E-state index in [-0.39, 0.29) is 5.91 Å². The lowest BCUT2D eigenvalue weighted by Gasteiger charge is -2.18. The Morgan fingerprint density at radius 3 is 2.65 bits per heavy atom. The Morgan fingerprint density at radius 2 is 2.00 bits per heavy atom. The lowest BCUT2D eigenvalue weighted by atomic mass is 10.1. The van der Waals surface area contributed by atoms with Crippen LogP contribution in [0.25, 0.3) is 0 Å². The van der Waals surface area contributed by atoms with Crippen LogP contribution >= 0.6 is 0 Å². The molecule has 1 fully saturated rings. The van der Waals surface area contributed by atoms with E-state index < -0.39 is 0 Å². The third kappa shape index (κ3) is 3.87. The number of amides is 1. The Labute approximate surface area is 136 Å². The number of carbonyl (C=O) groups excluding carboxylic acids is 1. The number of aromatic nitrogens is 1. The predicted molar refractivity (Wildman–Crippen MR) is 89.5 cm³/mol. The van der Waals surface area contributed by atoms with Crippen molar-refractivity contribution in [2.24, 2.45) is 0 Å². The van der Waals surface area contributed by atoms with Gasteiger partial charge < -0.3 is 15.0 Å². The fourth-order valence-electron chi connectivity index (χ4n) is 2.76. The Kier molecular flexibility index (Phi) is 4.88. The van der Waals surface area contributed by atoms with Gasteiger partial charge in [0.05, 0.1) is 6.10 Å². The highest BCUT2D eigenvalue weighted by atomic mass is 16.5. The maximum atomic E-state index is 12.2. The zero-order valence-electron chi connectivity index (χ0n) is 13.2. The van der Waals surface area contributed by atoms with Crippen LogP contribution in [0.4, 0.5) is 5.69 Å². The first-order valence-electron chi connectivity index (χ1n) is 7.81. The smallest absolute Gasteiger partial charge is 0.251 e. The van der Waals surface area contributed by atoms with Gasteiger partial charge in [0.1, 0.15) is 0 Å². The van der Waals surface area contributed by atoms with Crippen LogP contribution in [-0.2, 0) is 11.3 Å². The lowest BCUT2D eigenvalue weighted by molar-refractivity contribution is 0.0951. The monoisotopic (exact) mass is 311 g/mol. The predicted octanol–water partition coefficient (Wildman–Crippen LogP) is 2.24. The number of anilines is 1. The minimum absolute atomic E-state index is 0.0652. The van der Waals surface area contributed by atoms with E-state index in [2.05, 4.69) is 15.2 Å². The number of pyridine rings is 1. The van der Waals surface area contributed by atoms with Gasteiger partial charge in [0.25, 0.3) is 5.91 Å². The Morgan fingerprint density at radius 1 is 1.26 bits per heavy atom. The van der Waals surface area contributed by atoms with E-state index in [1.165, 1.54) is 0 Å². The van der Waals surface area contributed by atoms with Gasteiger partial charge in [-0.25, -0.2) is 0 Å². The molecule has 1 amide bonds. The van der Waals surface area contributed by atoms with Crippen LogP contribution in [0.1, 0.15) is 22.3 Å². The van der Waals surface area contributed by atoms with Crippen LogP contribution in [0.15, 0.2) is 48.8 Å². The molecule has 1 atom stereocenters. The molecular weight excluding hydrogens is 290 g/mol. The van der Waals surface area contributed by atoms with Crippen molar-refractivity contribution < 1.29 is 9.53 Å². The molecule has 5 nitrogen and oxygen atoms in total. The SMILES string of the molecule is COC1CCN(c2ccc(C(=O)NCc3ccncc3)cc2)C1. The first-order chi connectivity index (χ1) is 11.3. The minimum Gasteiger partial charge on any atom is -0.380 e. The van der Waals surface area contributed by atoms with Crippen molar-refractivity contribution in [3.05, 3.63) is 59.9 Å². The molecule has 3 rings (SSSR count). The molecule has 5 heteroatoms. The summed E-state index contributed by atoms with van der Waals surface area (Å²) in [5.74, 6) is -0.0652. The molecule has 23 heavy (non-hydrogen) atoms. The number of benzene rings is 1. The quantitative estimate of drug-likeness (QED) is 0.920. The van der Waals surface area contributed by atoms with Crippen LogP contribution in [0.5, 0.6) is 0 Å². The summed E-state index contributed by atoms with van der Waals surface area (Å²) in [6.45, 7) is 2.40. The third-order valence-electron chi connectivity index (χ3n) is 4.18. The molecule has 1 unspecified atom stereocenters. The van der Waals surface area contributed by atoms with Gasteiger partial charge in [-0.3, -0.25) is 9.78 Å². The number of nitrogens with zero attached hydrogens (tertiary/aromatic N) is 2. The van der Waals surface area contributed by atoms with E-state index in [0.717, 1.165) is 30.8 Å². The van der Waals surface area contributed by atoms with Crippen LogP contribution in [0, 0.1) is 0 Å². The molecule has 1 N–H and O–H groups in total. The van der Waals surface area contributed by atoms with Gasteiger partial charge in [0.2, 0.25) is 0 Å². The highest BCUT2D eigenvalue weighted by molar-refractivity contribution is 5.94. The number of nitrogens with one attached hydrogen (secondary N) is 1. The second-order valence-corrected chi connectivity index (χ2v) is 5.68. The molecule has 0 radical (unpaired) electrons. The van der Waals surface area contributed by atoms with Crippen LogP contribution in [-0.4, -0.2) is 37.2 Å². The number of hydrogen-bond acceptors (Lipinski definition) is 4. The molecule has 0 spiro atoms. The van der Waals surface area contributed by atoms with Crippen LogP contribution < -0.4 is 10.2 Å². The van der Waals surface area contributed by atoms with Crippen molar-refractivity contribution in [2.45, 2.75) is 19.1 Å². The fourth-order valence-corrected chi connectivity index (χ4v) is 2.76. The van der Waals surface area contributed by atoms with E-state index >= 15 is 0 Å². The number of carbonyl (C=O) groups is 1. The Bertz CT molecular complexity index is 643. The summed E-state index contributed by atoms with van der Waals surface area (Å²) in [4.78, 5) is 18.4. The number of ether oxygens (including phenoxy) is 1. The molecule has 120 valence electrons. The summed E-state index contributed by atoms with van der Waals surface area (Å²) in [5.41, 5.74) is 2.84. The standard InChI is InChI=1S/C18H21N3O2/c1-23-17-8-11-21(13-17)16-4-2-15(3-5-16)18(22)20-12-14-6-9-19-10-7-14/h2-7,9-10,17H,8,11-13H2,1H3,(H,20,22). The first-order valence-corrected chi connectivity index (χ1v) is 7.81. The summed E-state index contributed by atoms with van der Waals surface area (Å²) < 4.78 is 5.39. The maximum absolute atomic E-state index is 12.2. The topological polar surface area (TPSA) is 54.5 Å². The summed E-state index contributed by atoms with van der Waals surface area (Å²) in [5, 5.41) is 2.92. The average molecular weight is 311 g/mol. The highest BCUT2D eigenvalue weighted by Gasteiger charge is 2.22. The summed E-state index contributed by atoms with van der Waals surface area (Å²) >= 11 is 0. The van der Waals surface area contributed by atoms with Gasteiger partial charge >= 0.3 is 0 Å². The van der Waals surface area contributed by atoms with Gasteiger partial charge in [-0.1, -0.05) is 0 Å². The number of hydrogen-bond donors (Lipinski definition) is 1. The van der Waals surface area contributed by atoms with Crippen molar-refractivity contribution >= 4 is 11.6 Å². The second kappa shape index (κ2) is 7.24. The molecule has 1 aliphatic heterocycles. The Hall–Kier alpha value is -2.40. The normalized spacial score (nSPS) is 17.3. The summed E-state index contributed by atoms with van der Waals surface area (Å²) in [6, 6.07) is 11.5. The van der Waals surface area contributed by atoms with E-state index in [1.807, 2.05) is 36.4 Å². The third-order valence-corrected chi connectivity index (χ3v) is 4.18. The fraction of sp³-hybridized carbons (Fsp3) is 0.333. The molecule has 0 saturated carbocycles. The molecule has 1 saturated heterocycles.